The number of nitrogens with one attached hydrogen (secondary N) is 1. The molecular weight excluding hydrogens is 234 g/mol. The van der Waals surface area contributed by atoms with Crippen molar-refractivity contribution in [3.8, 4) is 17.3 Å². The third-order valence-electron chi connectivity index (χ3n) is 2.21. The second-order valence-electron chi connectivity index (χ2n) is 3.54. The van der Waals surface area contributed by atoms with Crippen LogP contribution in [-0.4, -0.2) is 41.4 Å². The van der Waals surface area contributed by atoms with E-state index in [1.165, 1.54) is 0 Å². The Bertz CT molecular complexity index is 442. The van der Waals surface area contributed by atoms with E-state index in [0.29, 0.717) is 37.0 Å². The first-order chi connectivity index (χ1) is 8.90. The van der Waals surface area contributed by atoms with Gasteiger partial charge in [0.2, 0.25) is 0 Å². The van der Waals surface area contributed by atoms with Crippen molar-refractivity contribution in [2.75, 3.05) is 26.3 Å². The first-order valence-electron chi connectivity index (χ1n) is 5.70. The summed E-state index contributed by atoms with van der Waals surface area (Å²) in [6.07, 6.45) is 4.80. The topological polar surface area (TPSA) is 80.4 Å². The minimum absolute atomic E-state index is 0.126. The fraction of sp³-hybridized carbons (Fsp3) is 0.333. The molecule has 2 aromatic heterocycles. The van der Waals surface area contributed by atoms with Crippen molar-refractivity contribution in [2.45, 2.75) is 0 Å². The van der Waals surface area contributed by atoms with Crippen LogP contribution < -0.4 is 10.1 Å². The molecule has 0 amide bonds. The molecule has 0 aliphatic heterocycles. The lowest BCUT2D eigenvalue weighted by Gasteiger charge is -2.06. The van der Waals surface area contributed by atoms with E-state index in [1.807, 2.05) is 0 Å². The lowest BCUT2D eigenvalue weighted by Crippen LogP contribution is -2.24. The van der Waals surface area contributed by atoms with Crippen LogP contribution in [0.4, 0.5) is 0 Å². The van der Waals surface area contributed by atoms with Crippen molar-refractivity contribution >= 4 is 0 Å². The molecule has 6 heteroatoms. The molecule has 2 N–H and O–H groups in total. The largest absolute Gasteiger partial charge is 0.489 e. The lowest BCUT2D eigenvalue weighted by atomic mass is 10.4. The molecule has 0 saturated carbocycles. The number of hydrogen-bond donors (Lipinski definition) is 2. The van der Waals surface area contributed by atoms with Gasteiger partial charge in [-0.2, -0.15) is 0 Å². The summed E-state index contributed by atoms with van der Waals surface area (Å²) in [7, 11) is 0. The van der Waals surface area contributed by atoms with Gasteiger partial charge >= 0.3 is 0 Å². The second kappa shape index (κ2) is 6.73. The second-order valence-corrected chi connectivity index (χ2v) is 3.54. The number of rotatable bonds is 7. The zero-order valence-electron chi connectivity index (χ0n) is 9.87. The van der Waals surface area contributed by atoms with Gasteiger partial charge in [-0.3, -0.25) is 0 Å². The number of aliphatic hydroxyl groups is 1. The first kappa shape index (κ1) is 12.5. The Labute approximate surface area is 105 Å². The average Bonchev–Trinajstić information content (AvgIpc) is 2.93. The fourth-order valence-corrected chi connectivity index (χ4v) is 1.37. The van der Waals surface area contributed by atoms with Crippen LogP contribution in [0, 0.1) is 0 Å². The molecule has 0 unspecified atom stereocenters. The van der Waals surface area contributed by atoms with E-state index in [4.69, 9.17) is 14.3 Å². The standard InChI is InChI=1S/C12H15N3O3/c16-5-3-13-4-7-17-10-8-14-12(15-9-10)11-2-1-6-18-11/h1-2,6,8-9,13,16H,3-5,7H2. The Balaban J connectivity index is 1.81. The molecule has 96 valence electrons. The molecule has 0 radical (unpaired) electrons. The zero-order valence-corrected chi connectivity index (χ0v) is 9.87. The predicted octanol–water partition coefficient (Wildman–Crippen LogP) is 0.697. The lowest BCUT2D eigenvalue weighted by molar-refractivity contribution is 0.275. The third-order valence-corrected chi connectivity index (χ3v) is 2.21. The van der Waals surface area contributed by atoms with Gasteiger partial charge in [0, 0.05) is 13.1 Å². The van der Waals surface area contributed by atoms with Crippen LogP contribution in [0.25, 0.3) is 11.6 Å². The Morgan fingerprint density at radius 1 is 1.28 bits per heavy atom. The number of hydrogen-bond acceptors (Lipinski definition) is 6. The Morgan fingerprint density at radius 2 is 2.11 bits per heavy atom. The van der Waals surface area contributed by atoms with Crippen LogP contribution in [0.2, 0.25) is 0 Å². The molecular formula is C12H15N3O3. The van der Waals surface area contributed by atoms with Crippen molar-refractivity contribution in [3.05, 3.63) is 30.8 Å². The minimum Gasteiger partial charge on any atom is -0.489 e. The van der Waals surface area contributed by atoms with Gasteiger partial charge in [-0.1, -0.05) is 0 Å². The molecule has 6 nitrogen and oxygen atoms in total. The highest BCUT2D eigenvalue weighted by atomic mass is 16.5. The molecule has 0 spiro atoms. The van der Waals surface area contributed by atoms with Crippen LogP contribution in [0.1, 0.15) is 0 Å². The summed E-state index contributed by atoms with van der Waals surface area (Å²) >= 11 is 0. The Morgan fingerprint density at radius 3 is 2.78 bits per heavy atom. The van der Waals surface area contributed by atoms with Crippen LogP contribution >= 0.6 is 0 Å². The van der Waals surface area contributed by atoms with E-state index >= 15 is 0 Å². The van der Waals surface area contributed by atoms with Crippen molar-refractivity contribution in [1.29, 1.82) is 0 Å². The molecule has 0 saturated heterocycles. The van der Waals surface area contributed by atoms with Crippen molar-refractivity contribution in [2.24, 2.45) is 0 Å². The molecule has 0 bridgehead atoms. The summed E-state index contributed by atoms with van der Waals surface area (Å²) in [6, 6.07) is 3.59. The molecule has 0 aromatic carbocycles. The smallest absolute Gasteiger partial charge is 0.195 e. The van der Waals surface area contributed by atoms with Crippen molar-refractivity contribution in [3.63, 3.8) is 0 Å². The molecule has 0 aliphatic carbocycles. The summed E-state index contributed by atoms with van der Waals surface area (Å²) in [5, 5.41) is 11.6. The van der Waals surface area contributed by atoms with E-state index in [-0.39, 0.29) is 6.61 Å². The van der Waals surface area contributed by atoms with E-state index in [0.717, 1.165) is 0 Å². The SMILES string of the molecule is OCCNCCOc1cnc(-c2ccco2)nc1. The molecule has 2 heterocycles. The van der Waals surface area contributed by atoms with Gasteiger partial charge in [0.05, 0.1) is 25.3 Å². The van der Waals surface area contributed by atoms with Crippen LogP contribution in [0.3, 0.4) is 0 Å². The molecule has 18 heavy (non-hydrogen) atoms. The maximum absolute atomic E-state index is 8.57. The van der Waals surface area contributed by atoms with Gasteiger partial charge in [-0.05, 0) is 12.1 Å². The number of furan rings is 1. The minimum atomic E-state index is 0.126. The van der Waals surface area contributed by atoms with E-state index in [9.17, 15) is 0 Å². The number of ether oxygens (including phenoxy) is 1. The fourth-order valence-electron chi connectivity index (χ4n) is 1.37. The van der Waals surface area contributed by atoms with Gasteiger partial charge in [-0.25, -0.2) is 9.97 Å². The quantitative estimate of drug-likeness (QED) is 0.703. The van der Waals surface area contributed by atoms with Gasteiger partial charge in [0.15, 0.2) is 17.3 Å². The highest BCUT2D eigenvalue weighted by Crippen LogP contribution is 2.16. The molecule has 0 fully saturated rings. The van der Waals surface area contributed by atoms with Gasteiger partial charge in [0.1, 0.15) is 6.61 Å². The summed E-state index contributed by atoms with van der Waals surface area (Å²) in [6.45, 7) is 1.86. The number of aromatic nitrogens is 2. The molecule has 2 aromatic rings. The van der Waals surface area contributed by atoms with Crippen molar-refractivity contribution < 1.29 is 14.3 Å². The molecule has 0 atom stereocenters. The maximum Gasteiger partial charge on any atom is 0.195 e. The summed E-state index contributed by atoms with van der Waals surface area (Å²) in [5.41, 5.74) is 0. The van der Waals surface area contributed by atoms with Crippen LogP contribution in [0.5, 0.6) is 5.75 Å². The maximum atomic E-state index is 8.57. The normalized spacial score (nSPS) is 10.5. The zero-order chi connectivity index (χ0) is 12.6. The highest BCUT2D eigenvalue weighted by molar-refractivity contribution is 5.45. The summed E-state index contributed by atoms with van der Waals surface area (Å²) in [5.74, 6) is 1.77. The van der Waals surface area contributed by atoms with Crippen LogP contribution in [-0.2, 0) is 0 Å². The predicted molar refractivity (Wildman–Crippen MR) is 65.2 cm³/mol. The Kier molecular flexibility index (Phi) is 4.68. The number of aliphatic hydroxyl groups excluding tert-OH is 1. The Hall–Kier alpha value is -1.92. The number of nitrogens with zero attached hydrogens (tertiary/aromatic N) is 2. The first-order valence-corrected chi connectivity index (χ1v) is 5.70. The third kappa shape index (κ3) is 3.54. The van der Waals surface area contributed by atoms with Gasteiger partial charge in [0.25, 0.3) is 0 Å². The average molecular weight is 249 g/mol. The van der Waals surface area contributed by atoms with Gasteiger partial charge in [-0.15, -0.1) is 0 Å². The van der Waals surface area contributed by atoms with E-state index < -0.39 is 0 Å². The van der Waals surface area contributed by atoms with E-state index in [2.05, 4.69) is 15.3 Å². The summed E-state index contributed by atoms with van der Waals surface area (Å²) in [4.78, 5) is 8.29. The monoisotopic (exact) mass is 249 g/mol. The molecule has 2 rings (SSSR count). The van der Waals surface area contributed by atoms with Gasteiger partial charge < -0.3 is 19.6 Å². The highest BCUT2D eigenvalue weighted by Gasteiger charge is 2.03. The van der Waals surface area contributed by atoms with E-state index in [1.54, 1.807) is 30.8 Å². The van der Waals surface area contributed by atoms with Crippen LogP contribution in [0.15, 0.2) is 35.2 Å². The summed E-state index contributed by atoms with van der Waals surface area (Å²) < 4.78 is 10.6. The van der Waals surface area contributed by atoms with Crippen molar-refractivity contribution in [1.82, 2.24) is 15.3 Å². The molecule has 0 aliphatic rings.